The summed E-state index contributed by atoms with van der Waals surface area (Å²) in [6.07, 6.45) is 0.156. The van der Waals surface area contributed by atoms with Crippen LogP contribution in [0, 0.1) is 21.4 Å². The summed E-state index contributed by atoms with van der Waals surface area (Å²) in [5.74, 6) is 0. The zero-order valence-electron chi connectivity index (χ0n) is 11.3. The number of hydrogen-bond donors (Lipinski definition) is 0. The van der Waals surface area contributed by atoms with Crippen LogP contribution in [0.25, 0.3) is 0 Å². The zero-order chi connectivity index (χ0) is 14.4. The number of nitro groups is 1. The molecule has 0 saturated heterocycles. The third-order valence-corrected chi connectivity index (χ3v) is 2.62. The topological polar surface area (TPSA) is 79.4 Å². The molecule has 1 rings (SSSR count). The van der Waals surface area contributed by atoms with Gasteiger partial charge in [0.25, 0.3) is 5.69 Å². The number of likely N-dealkylation sites (N-methyl/N-ethyl adjacent to an activating group) is 1. The first-order chi connectivity index (χ1) is 8.95. The quantitative estimate of drug-likeness (QED) is 0.581. The smallest absolute Gasteiger partial charge is 0.289 e. The zero-order valence-corrected chi connectivity index (χ0v) is 11.3. The monoisotopic (exact) mass is 263 g/mol. The fraction of sp³-hybridized carbons (Fsp3) is 0.462. The van der Waals surface area contributed by atoms with Gasteiger partial charge in [0.05, 0.1) is 17.6 Å². The Bertz CT molecular complexity index is 494. The Morgan fingerprint density at radius 2 is 2.21 bits per heavy atom. The molecule has 0 amide bonds. The lowest BCUT2D eigenvalue weighted by Crippen LogP contribution is -2.24. The maximum Gasteiger partial charge on any atom is 0.289 e. The van der Waals surface area contributed by atoms with Gasteiger partial charge in [0.15, 0.2) is 0 Å². The van der Waals surface area contributed by atoms with Crippen molar-refractivity contribution in [2.24, 2.45) is 0 Å². The van der Waals surface area contributed by atoms with Gasteiger partial charge in [0.1, 0.15) is 11.6 Å². The Hall–Kier alpha value is -2.13. The number of hydrogen-bond acceptors (Lipinski definition) is 5. The van der Waals surface area contributed by atoms with Crippen LogP contribution in [0.1, 0.15) is 19.4 Å². The second kappa shape index (κ2) is 6.71. The number of nitriles is 1. The molecule has 0 bridgehead atoms. The molecular formula is C13H17N3O3. The molecule has 6 nitrogen and oxygen atoms in total. The van der Waals surface area contributed by atoms with E-state index in [1.54, 1.807) is 6.07 Å². The van der Waals surface area contributed by atoms with Crippen molar-refractivity contribution in [2.75, 3.05) is 25.1 Å². The molecule has 1 aromatic rings. The Balaban J connectivity index is 2.81. The van der Waals surface area contributed by atoms with Gasteiger partial charge in [0, 0.05) is 25.3 Å². The van der Waals surface area contributed by atoms with Crippen molar-refractivity contribution in [1.82, 2.24) is 0 Å². The minimum absolute atomic E-state index is 0.0700. The van der Waals surface area contributed by atoms with E-state index in [1.165, 1.54) is 12.1 Å². The minimum atomic E-state index is -0.541. The summed E-state index contributed by atoms with van der Waals surface area (Å²) in [5.41, 5.74) is 0.593. The van der Waals surface area contributed by atoms with Crippen molar-refractivity contribution in [3.8, 4) is 6.07 Å². The first-order valence-corrected chi connectivity index (χ1v) is 5.97. The molecule has 0 spiro atoms. The highest BCUT2D eigenvalue weighted by Crippen LogP contribution is 2.24. The highest BCUT2D eigenvalue weighted by atomic mass is 16.6. The molecule has 0 aromatic heterocycles. The first kappa shape index (κ1) is 14.9. The lowest BCUT2D eigenvalue weighted by Gasteiger charge is -2.20. The van der Waals surface area contributed by atoms with E-state index in [9.17, 15) is 10.1 Å². The van der Waals surface area contributed by atoms with E-state index in [-0.39, 0.29) is 17.4 Å². The van der Waals surface area contributed by atoms with Crippen LogP contribution >= 0.6 is 0 Å². The van der Waals surface area contributed by atoms with Gasteiger partial charge in [-0.1, -0.05) is 0 Å². The molecule has 0 fully saturated rings. The third-order valence-electron chi connectivity index (χ3n) is 2.62. The molecule has 0 saturated carbocycles. The van der Waals surface area contributed by atoms with Crippen LogP contribution < -0.4 is 4.90 Å². The number of benzene rings is 1. The van der Waals surface area contributed by atoms with E-state index in [0.29, 0.717) is 18.8 Å². The lowest BCUT2D eigenvalue weighted by molar-refractivity contribution is -0.385. The Morgan fingerprint density at radius 1 is 1.53 bits per heavy atom. The molecule has 19 heavy (non-hydrogen) atoms. The summed E-state index contributed by atoms with van der Waals surface area (Å²) in [4.78, 5) is 12.2. The maximum atomic E-state index is 10.9. The van der Waals surface area contributed by atoms with Crippen LogP contribution in [0.3, 0.4) is 0 Å². The summed E-state index contributed by atoms with van der Waals surface area (Å²) in [5, 5.41) is 19.7. The Labute approximate surface area is 112 Å². The highest BCUT2D eigenvalue weighted by molar-refractivity contribution is 5.60. The van der Waals surface area contributed by atoms with E-state index < -0.39 is 4.92 Å². The second-order valence-corrected chi connectivity index (χ2v) is 4.41. The number of nitrogens with zero attached hydrogens (tertiary/aromatic N) is 3. The van der Waals surface area contributed by atoms with Crippen LogP contribution in [0.2, 0.25) is 0 Å². The first-order valence-electron chi connectivity index (χ1n) is 5.97. The highest BCUT2D eigenvalue weighted by Gasteiger charge is 2.15. The van der Waals surface area contributed by atoms with E-state index in [4.69, 9.17) is 10.00 Å². The molecule has 0 atom stereocenters. The summed E-state index contributed by atoms with van der Waals surface area (Å²) in [6, 6.07) is 6.39. The van der Waals surface area contributed by atoms with Gasteiger partial charge in [-0.15, -0.1) is 0 Å². The molecule has 1 aromatic carbocycles. The molecule has 0 radical (unpaired) electrons. The average molecular weight is 263 g/mol. The molecule has 102 valence electrons. The van der Waals surface area contributed by atoms with Crippen LogP contribution in [-0.4, -0.2) is 31.2 Å². The van der Waals surface area contributed by atoms with Gasteiger partial charge in [-0.2, -0.15) is 5.26 Å². The number of nitro benzene ring substituents is 1. The van der Waals surface area contributed by atoms with Crippen molar-refractivity contribution in [3.63, 3.8) is 0 Å². The normalized spacial score (nSPS) is 10.3. The third kappa shape index (κ3) is 4.23. The summed E-state index contributed by atoms with van der Waals surface area (Å²) in [6.45, 7) is 5.07. The SMILES string of the molecule is CC(C)OCCN(C)c1ccc(C#N)c([N+](=O)[O-])c1. The van der Waals surface area contributed by atoms with Gasteiger partial charge < -0.3 is 9.64 Å². The molecule has 0 unspecified atom stereocenters. The summed E-state index contributed by atoms with van der Waals surface area (Å²) in [7, 11) is 1.83. The van der Waals surface area contributed by atoms with Gasteiger partial charge in [-0.3, -0.25) is 10.1 Å². The van der Waals surface area contributed by atoms with Gasteiger partial charge >= 0.3 is 0 Å². The molecule has 0 aliphatic carbocycles. The van der Waals surface area contributed by atoms with Crippen LogP contribution in [0.5, 0.6) is 0 Å². The van der Waals surface area contributed by atoms with Crippen LogP contribution in [0.4, 0.5) is 11.4 Å². The van der Waals surface area contributed by atoms with Gasteiger partial charge in [-0.05, 0) is 26.0 Å². The maximum absolute atomic E-state index is 10.9. The lowest BCUT2D eigenvalue weighted by atomic mass is 10.1. The molecule has 0 heterocycles. The van der Waals surface area contributed by atoms with Crippen molar-refractivity contribution >= 4 is 11.4 Å². The van der Waals surface area contributed by atoms with E-state index in [0.717, 1.165) is 0 Å². The fourth-order valence-corrected chi connectivity index (χ4v) is 1.56. The molecule has 0 N–H and O–H groups in total. The largest absolute Gasteiger partial charge is 0.377 e. The van der Waals surface area contributed by atoms with Crippen molar-refractivity contribution in [1.29, 1.82) is 5.26 Å². The summed E-state index contributed by atoms with van der Waals surface area (Å²) >= 11 is 0. The van der Waals surface area contributed by atoms with E-state index >= 15 is 0 Å². The predicted molar refractivity (Wildman–Crippen MR) is 72.2 cm³/mol. The fourth-order valence-electron chi connectivity index (χ4n) is 1.56. The molecule has 6 heteroatoms. The number of ether oxygens (including phenoxy) is 1. The van der Waals surface area contributed by atoms with E-state index in [2.05, 4.69) is 0 Å². The number of rotatable bonds is 6. The van der Waals surface area contributed by atoms with Crippen LogP contribution in [-0.2, 0) is 4.74 Å². The van der Waals surface area contributed by atoms with Gasteiger partial charge in [0.2, 0.25) is 0 Å². The Morgan fingerprint density at radius 3 is 2.74 bits per heavy atom. The molecular weight excluding hydrogens is 246 g/mol. The Kier molecular flexibility index (Phi) is 5.27. The average Bonchev–Trinajstić information content (AvgIpc) is 2.37. The van der Waals surface area contributed by atoms with E-state index in [1.807, 2.05) is 31.9 Å². The molecule has 0 aliphatic rings. The standard InChI is InChI=1S/C13H17N3O3/c1-10(2)19-7-6-15(3)12-5-4-11(9-14)13(8-12)16(17)18/h4-5,8,10H,6-7H2,1-3H3. The minimum Gasteiger partial charge on any atom is -0.377 e. The second-order valence-electron chi connectivity index (χ2n) is 4.41. The molecule has 0 aliphatic heterocycles. The summed E-state index contributed by atoms with van der Waals surface area (Å²) < 4.78 is 5.43. The van der Waals surface area contributed by atoms with Crippen molar-refractivity contribution in [2.45, 2.75) is 20.0 Å². The van der Waals surface area contributed by atoms with Crippen molar-refractivity contribution < 1.29 is 9.66 Å². The van der Waals surface area contributed by atoms with Crippen LogP contribution in [0.15, 0.2) is 18.2 Å². The van der Waals surface area contributed by atoms with Gasteiger partial charge in [-0.25, -0.2) is 0 Å². The van der Waals surface area contributed by atoms with Crippen molar-refractivity contribution in [3.05, 3.63) is 33.9 Å². The predicted octanol–water partition coefficient (Wildman–Crippen LogP) is 2.33. The number of anilines is 1.